The molecule has 0 spiro atoms. The largest absolute Gasteiger partial charge is 0.451 e. The number of anilines is 1. The number of aryl methyl sites for hydroxylation is 1. The van der Waals surface area contributed by atoms with E-state index < -0.39 is 18.5 Å². The molecule has 30 heavy (non-hydrogen) atoms. The van der Waals surface area contributed by atoms with Crippen molar-refractivity contribution in [1.82, 2.24) is 4.57 Å². The summed E-state index contributed by atoms with van der Waals surface area (Å²) >= 11 is 0. The maximum absolute atomic E-state index is 12.3. The smallest absolute Gasteiger partial charge is 0.349 e. The van der Waals surface area contributed by atoms with E-state index in [1.54, 1.807) is 24.3 Å². The predicted molar refractivity (Wildman–Crippen MR) is 113 cm³/mol. The highest BCUT2D eigenvalue weighted by atomic mass is 16.5. The molecule has 0 fully saturated rings. The van der Waals surface area contributed by atoms with Crippen LogP contribution in [0.25, 0.3) is 6.08 Å². The summed E-state index contributed by atoms with van der Waals surface area (Å²) < 4.78 is 7.13. The molecule has 1 heterocycles. The minimum Gasteiger partial charge on any atom is -0.451 e. The van der Waals surface area contributed by atoms with Gasteiger partial charge in [0, 0.05) is 23.6 Å². The van der Waals surface area contributed by atoms with Crippen molar-refractivity contribution in [2.45, 2.75) is 34.2 Å². The number of esters is 1. The average molecular weight is 404 g/mol. The molecule has 7 nitrogen and oxygen atoms in total. The summed E-state index contributed by atoms with van der Waals surface area (Å²) in [6, 6.07) is 12.0. The van der Waals surface area contributed by atoms with Gasteiger partial charge in [0.15, 0.2) is 6.61 Å². The first-order valence-electron chi connectivity index (χ1n) is 9.50. The fourth-order valence-corrected chi connectivity index (χ4v) is 2.95. The van der Waals surface area contributed by atoms with E-state index in [0.29, 0.717) is 17.2 Å². The molecule has 0 aliphatic heterocycles. The number of nitriles is 2. The van der Waals surface area contributed by atoms with Gasteiger partial charge in [-0.2, -0.15) is 10.5 Å². The van der Waals surface area contributed by atoms with Crippen molar-refractivity contribution < 1.29 is 14.3 Å². The van der Waals surface area contributed by atoms with Gasteiger partial charge < -0.3 is 14.6 Å². The maximum atomic E-state index is 12.3. The average Bonchev–Trinajstić information content (AvgIpc) is 2.97. The lowest BCUT2D eigenvalue weighted by molar-refractivity contribution is -0.142. The van der Waals surface area contributed by atoms with Crippen LogP contribution >= 0.6 is 0 Å². The van der Waals surface area contributed by atoms with E-state index in [0.717, 1.165) is 23.5 Å². The molecule has 1 aromatic carbocycles. The van der Waals surface area contributed by atoms with Crippen LogP contribution in [0.1, 0.15) is 36.4 Å². The second-order valence-corrected chi connectivity index (χ2v) is 7.31. The molecule has 2 aromatic rings. The zero-order chi connectivity index (χ0) is 22.3. The van der Waals surface area contributed by atoms with Crippen LogP contribution in [0.15, 0.2) is 35.9 Å². The van der Waals surface area contributed by atoms with E-state index in [4.69, 9.17) is 10.00 Å². The van der Waals surface area contributed by atoms with Gasteiger partial charge in [-0.05, 0) is 61.7 Å². The molecule has 0 atom stereocenters. The van der Waals surface area contributed by atoms with Crippen molar-refractivity contribution >= 4 is 23.6 Å². The second kappa shape index (κ2) is 10.1. The van der Waals surface area contributed by atoms with Gasteiger partial charge in [0.2, 0.25) is 0 Å². The molecular weight excluding hydrogens is 380 g/mol. The molecule has 0 aliphatic carbocycles. The van der Waals surface area contributed by atoms with Gasteiger partial charge in [-0.25, -0.2) is 4.79 Å². The van der Waals surface area contributed by atoms with Crippen LogP contribution in [0.2, 0.25) is 0 Å². The molecule has 154 valence electrons. The van der Waals surface area contributed by atoms with Crippen molar-refractivity contribution in [2.24, 2.45) is 5.92 Å². The Kier molecular flexibility index (Phi) is 7.55. The van der Waals surface area contributed by atoms with Crippen molar-refractivity contribution in [3.63, 3.8) is 0 Å². The Labute approximate surface area is 176 Å². The van der Waals surface area contributed by atoms with Gasteiger partial charge in [0.25, 0.3) is 5.91 Å². The Hall–Kier alpha value is -3.84. The molecule has 2 rings (SSSR count). The third-order valence-electron chi connectivity index (χ3n) is 4.43. The first kappa shape index (κ1) is 22.4. The SMILES string of the molecule is Cc1cc(/C=C(\C#N)C(=O)OCC(=O)Nc2ccc(C#N)cc2)c(C)n1CC(C)C. The molecule has 0 radical (unpaired) electrons. The van der Waals surface area contributed by atoms with Crippen LogP contribution < -0.4 is 5.32 Å². The van der Waals surface area contributed by atoms with Crippen LogP contribution in [0, 0.1) is 42.4 Å². The van der Waals surface area contributed by atoms with E-state index in [1.807, 2.05) is 32.1 Å². The third kappa shape index (κ3) is 5.83. The van der Waals surface area contributed by atoms with E-state index >= 15 is 0 Å². The summed E-state index contributed by atoms with van der Waals surface area (Å²) in [6.07, 6.45) is 1.49. The van der Waals surface area contributed by atoms with Crippen molar-refractivity contribution in [2.75, 3.05) is 11.9 Å². The summed E-state index contributed by atoms with van der Waals surface area (Å²) in [6.45, 7) is 8.47. The van der Waals surface area contributed by atoms with Gasteiger partial charge in [-0.1, -0.05) is 13.8 Å². The predicted octanol–water partition coefficient (Wildman–Crippen LogP) is 3.72. The Bertz CT molecular complexity index is 1050. The van der Waals surface area contributed by atoms with Crippen LogP contribution in [-0.4, -0.2) is 23.1 Å². The number of hydrogen-bond acceptors (Lipinski definition) is 5. The third-order valence-corrected chi connectivity index (χ3v) is 4.43. The molecule has 0 bridgehead atoms. The topological polar surface area (TPSA) is 108 Å². The minimum atomic E-state index is -0.860. The van der Waals surface area contributed by atoms with E-state index in [1.165, 1.54) is 6.08 Å². The summed E-state index contributed by atoms with van der Waals surface area (Å²) in [7, 11) is 0. The highest BCUT2D eigenvalue weighted by Crippen LogP contribution is 2.20. The number of amides is 1. The number of aromatic nitrogens is 1. The standard InChI is InChI=1S/C23H24N4O3/c1-15(2)13-27-16(3)9-19(17(27)4)10-20(12-25)23(29)30-14-22(28)26-21-7-5-18(11-24)6-8-21/h5-10,15H,13-14H2,1-4H3,(H,26,28)/b20-10+. The first-order valence-corrected chi connectivity index (χ1v) is 9.50. The number of hydrogen-bond donors (Lipinski definition) is 1. The molecule has 7 heteroatoms. The van der Waals surface area contributed by atoms with Crippen LogP contribution in [0.4, 0.5) is 5.69 Å². The second-order valence-electron chi connectivity index (χ2n) is 7.31. The monoisotopic (exact) mass is 404 g/mol. The van der Waals surface area contributed by atoms with Gasteiger partial charge >= 0.3 is 5.97 Å². The van der Waals surface area contributed by atoms with Crippen LogP contribution in [-0.2, 0) is 20.9 Å². The summed E-state index contributed by atoms with van der Waals surface area (Å²) in [5, 5.41) is 20.7. The maximum Gasteiger partial charge on any atom is 0.349 e. The van der Waals surface area contributed by atoms with E-state index in [2.05, 4.69) is 23.7 Å². The molecule has 1 amide bonds. The Morgan fingerprint density at radius 2 is 1.87 bits per heavy atom. The molecule has 0 saturated heterocycles. The Morgan fingerprint density at radius 1 is 1.20 bits per heavy atom. The molecule has 1 aromatic heterocycles. The molecule has 0 saturated carbocycles. The summed E-state index contributed by atoms with van der Waals surface area (Å²) in [5.41, 5.74) is 3.54. The summed E-state index contributed by atoms with van der Waals surface area (Å²) in [5.74, 6) is -0.941. The zero-order valence-electron chi connectivity index (χ0n) is 17.5. The minimum absolute atomic E-state index is 0.175. The highest BCUT2D eigenvalue weighted by molar-refractivity contribution is 6.00. The van der Waals surface area contributed by atoms with Gasteiger partial charge in [0.1, 0.15) is 11.6 Å². The number of carbonyl (C=O) groups is 2. The van der Waals surface area contributed by atoms with Gasteiger partial charge in [0.05, 0.1) is 11.6 Å². The van der Waals surface area contributed by atoms with Crippen molar-refractivity contribution in [3.8, 4) is 12.1 Å². The number of nitrogens with zero attached hydrogens (tertiary/aromatic N) is 3. The number of carbonyl (C=O) groups excluding carboxylic acids is 2. The lowest BCUT2D eigenvalue weighted by atomic mass is 10.1. The summed E-state index contributed by atoms with van der Waals surface area (Å²) in [4.78, 5) is 24.3. The Balaban J connectivity index is 2.03. The number of rotatable bonds is 7. The van der Waals surface area contributed by atoms with E-state index in [9.17, 15) is 14.9 Å². The number of benzene rings is 1. The van der Waals surface area contributed by atoms with Gasteiger partial charge in [-0.15, -0.1) is 0 Å². The normalized spacial score (nSPS) is 11.0. The molecule has 0 unspecified atom stereocenters. The lowest BCUT2D eigenvalue weighted by Crippen LogP contribution is -2.21. The fourth-order valence-electron chi connectivity index (χ4n) is 2.95. The van der Waals surface area contributed by atoms with Gasteiger partial charge in [-0.3, -0.25) is 4.79 Å². The molecule has 0 aliphatic rings. The van der Waals surface area contributed by atoms with E-state index in [-0.39, 0.29) is 5.57 Å². The quantitative estimate of drug-likeness (QED) is 0.430. The molecule has 1 N–H and O–H groups in total. The number of nitrogens with one attached hydrogen (secondary N) is 1. The van der Waals surface area contributed by atoms with Crippen LogP contribution in [0.5, 0.6) is 0 Å². The first-order chi connectivity index (χ1) is 14.2. The highest BCUT2D eigenvalue weighted by Gasteiger charge is 2.16. The van der Waals surface area contributed by atoms with Crippen LogP contribution in [0.3, 0.4) is 0 Å². The van der Waals surface area contributed by atoms with Crippen molar-refractivity contribution in [3.05, 3.63) is 58.4 Å². The Morgan fingerprint density at radius 3 is 2.43 bits per heavy atom. The van der Waals surface area contributed by atoms with Crippen molar-refractivity contribution in [1.29, 1.82) is 10.5 Å². The zero-order valence-corrected chi connectivity index (χ0v) is 17.5. The molecular formula is C23H24N4O3. The lowest BCUT2D eigenvalue weighted by Gasteiger charge is -2.12. The number of ether oxygens (including phenoxy) is 1. The fraction of sp³-hybridized carbons (Fsp3) is 0.304.